The highest BCUT2D eigenvalue weighted by Gasteiger charge is 2.18. The minimum Gasteiger partial charge on any atom is -0.351 e. The molecule has 2 N–H and O–H groups in total. The van der Waals surface area contributed by atoms with Crippen LogP contribution in [0.1, 0.15) is 12.7 Å². The van der Waals surface area contributed by atoms with Crippen LogP contribution in [0.15, 0.2) is 41.7 Å². The minimum absolute atomic E-state index is 0.0921. The maximum absolute atomic E-state index is 12.0. The molecule has 0 bridgehead atoms. The number of para-hydroxylation sites is 1. The quantitative estimate of drug-likeness (QED) is 0.782. The summed E-state index contributed by atoms with van der Waals surface area (Å²) in [5.41, 5.74) is 0.483. The average Bonchev–Trinajstić information content (AvgIpc) is 2.51. The number of aromatic nitrogens is 2. The molecule has 116 valence electrons. The van der Waals surface area contributed by atoms with Gasteiger partial charge in [0.15, 0.2) is 0 Å². The third-order valence-corrected chi connectivity index (χ3v) is 3.52. The second kappa shape index (κ2) is 7.00. The number of H-pyrrole nitrogens is 1. The van der Waals surface area contributed by atoms with Crippen molar-refractivity contribution in [2.75, 3.05) is 13.6 Å². The number of amides is 1. The van der Waals surface area contributed by atoms with Gasteiger partial charge in [0.05, 0.1) is 23.5 Å². The Hall–Kier alpha value is -2.47. The Morgan fingerprint density at radius 1 is 1.50 bits per heavy atom. The van der Waals surface area contributed by atoms with E-state index in [9.17, 15) is 9.59 Å². The molecule has 0 aliphatic carbocycles. The summed E-state index contributed by atoms with van der Waals surface area (Å²) in [7, 11) is 1.81. The smallest absolute Gasteiger partial charge is 0.258 e. The number of likely N-dealkylation sites (N-methyl/N-ethyl adjacent to an activating group) is 1. The average molecular weight is 300 g/mol. The number of nitrogens with one attached hydrogen (secondary N) is 2. The molecule has 1 amide bonds. The molecule has 2 rings (SSSR count). The van der Waals surface area contributed by atoms with Crippen LogP contribution in [-0.4, -0.2) is 40.4 Å². The maximum atomic E-state index is 12.0. The number of benzene rings is 1. The van der Waals surface area contributed by atoms with Gasteiger partial charge in [0.2, 0.25) is 5.91 Å². The molecule has 2 aromatic rings. The van der Waals surface area contributed by atoms with Crippen molar-refractivity contribution in [2.45, 2.75) is 19.5 Å². The van der Waals surface area contributed by atoms with Gasteiger partial charge in [-0.3, -0.25) is 14.5 Å². The van der Waals surface area contributed by atoms with Crippen molar-refractivity contribution in [2.24, 2.45) is 0 Å². The fourth-order valence-electron chi connectivity index (χ4n) is 2.10. The molecule has 0 saturated carbocycles. The highest BCUT2D eigenvalue weighted by atomic mass is 16.2. The normalized spacial score (nSPS) is 12.3. The summed E-state index contributed by atoms with van der Waals surface area (Å²) in [6.45, 7) is 6.18. The van der Waals surface area contributed by atoms with Crippen molar-refractivity contribution in [1.29, 1.82) is 0 Å². The monoisotopic (exact) mass is 300 g/mol. The zero-order valence-electron chi connectivity index (χ0n) is 12.8. The molecule has 1 heterocycles. The number of carbonyl (C=O) groups excluding carboxylic acids is 1. The van der Waals surface area contributed by atoms with Crippen LogP contribution >= 0.6 is 0 Å². The second-order valence-electron chi connectivity index (χ2n) is 5.15. The van der Waals surface area contributed by atoms with E-state index in [4.69, 9.17) is 0 Å². The highest BCUT2D eigenvalue weighted by molar-refractivity contribution is 5.81. The molecule has 6 nitrogen and oxygen atoms in total. The Labute approximate surface area is 128 Å². The van der Waals surface area contributed by atoms with Gasteiger partial charge in [0.25, 0.3) is 5.56 Å². The lowest BCUT2D eigenvalue weighted by atomic mass is 10.2. The van der Waals surface area contributed by atoms with Crippen molar-refractivity contribution in [3.63, 3.8) is 0 Å². The summed E-state index contributed by atoms with van der Waals surface area (Å²) >= 11 is 0. The number of rotatable bonds is 6. The third-order valence-electron chi connectivity index (χ3n) is 3.52. The fourth-order valence-corrected chi connectivity index (χ4v) is 2.10. The lowest BCUT2D eigenvalue weighted by Gasteiger charge is -2.23. The van der Waals surface area contributed by atoms with Crippen LogP contribution in [0.2, 0.25) is 0 Å². The van der Waals surface area contributed by atoms with Crippen molar-refractivity contribution in [1.82, 2.24) is 20.2 Å². The predicted octanol–water partition coefficient (Wildman–Crippen LogP) is 1.05. The highest BCUT2D eigenvalue weighted by Crippen LogP contribution is 2.07. The van der Waals surface area contributed by atoms with E-state index in [2.05, 4.69) is 21.9 Å². The van der Waals surface area contributed by atoms with E-state index >= 15 is 0 Å². The molecule has 1 atom stereocenters. The molecule has 0 aliphatic heterocycles. The molecule has 0 spiro atoms. The van der Waals surface area contributed by atoms with Gasteiger partial charge in [0, 0.05) is 6.54 Å². The summed E-state index contributed by atoms with van der Waals surface area (Å²) in [6.07, 6.45) is 1.63. The number of hydrogen-bond acceptors (Lipinski definition) is 4. The molecule has 0 unspecified atom stereocenters. The van der Waals surface area contributed by atoms with Gasteiger partial charge in [-0.2, -0.15) is 0 Å². The van der Waals surface area contributed by atoms with E-state index in [1.807, 2.05) is 18.0 Å². The number of carbonyl (C=O) groups is 1. The van der Waals surface area contributed by atoms with Crippen molar-refractivity contribution in [3.05, 3.63) is 53.1 Å². The van der Waals surface area contributed by atoms with Crippen LogP contribution in [0.3, 0.4) is 0 Å². The molecule has 22 heavy (non-hydrogen) atoms. The Bertz CT molecular complexity index is 738. The van der Waals surface area contributed by atoms with Gasteiger partial charge in [-0.25, -0.2) is 4.98 Å². The molecule has 0 radical (unpaired) electrons. The Morgan fingerprint density at radius 3 is 2.95 bits per heavy atom. The van der Waals surface area contributed by atoms with Gasteiger partial charge >= 0.3 is 0 Å². The summed E-state index contributed by atoms with van der Waals surface area (Å²) in [4.78, 5) is 33.0. The van der Waals surface area contributed by atoms with Crippen LogP contribution in [0.5, 0.6) is 0 Å². The first kappa shape index (κ1) is 15.9. The number of aromatic amines is 1. The summed E-state index contributed by atoms with van der Waals surface area (Å²) < 4.78 is 0. The first-order valence-corrected chi connectivity index (χ1v) is 7.09. The topological polar surface area (TPSA) is 78.1 Å². The lowest BCUT2D eigenvalue weighted by molar-refractivity contribution is -0.125. The van der Waals surface area contributed by atoms with E-state index in [-0.39, 0.29) is 17.5 Å². The molecule has 0 aliphatic rings. The van der Waals surface area contributed by atoms with Crippen LogP contribution in [-0.2, 0) is 11.3 Å². The van der Waals surface area contributed by atoms with Crippen LogP contribution in [0.25, 0.3) is 10.9 Å². The molecule has 6 heteroatoms. The first-order chi connectivity index (χ1) is 10.5. The Balaban J connectivity index is 2.14. The summed E-state index contributed by atoms with van der Waals surface area (Å²) in [5.74, 6) is 0.445. The fraction of sp³-hybridized carbons (Fsp3) is 0.312. The molecule has 0 fully saturated rings. The van der Waals surface area contributed by atoms with Crippen LogP contribution < -0.4 is 10.9 Å². The third kappa shape index (κ3) is 3.59. The number of hydrogen-bond donors (Lipinski definition) is 2. The van der Waals surface area contributed by atoms with Crippen LogP contribution in [0, 0.1) is 0 Å². The SMILES string of the molecule is C=CCNC(=O)[C@H](C)N(C)Cc1nc2ccccc2c(=O)[nH]1. The summed E-state index contributed by atoms with van der Waals surface area (Å²) in [5, 5.41) is 3.31. The maximum Gasteiger partial charge on any atom is 0.258 e. The first-order valence-electron chi connectivity index (χ1n) is 7.09. The number of fused-ring (bicyclic) bond motifs is 1. The van der Waals surface area contributed by atoms with E-state index in [0.717, 1.165) is 0 Å². The van der Waals surface area contributed by atoms with E-state index < -0.39 is 0 Å². The van der Waals surface area contributed by atoms with Crippen LogP contribution in [0.4, 0.5) is 0 Å². The lowest BCUT2D eigenvalue weighted by Crippen LogP contribution is -2.43. The molecule has 1 aromatic heterocycles. The second-order valence-corrected chi connectivity index (χ2v) is 5.15. The molecule has 0 saturated heterocycles. The van der Waals surface area contributed by atoms with E-state index in [1.165, 1.54) is 0 Å². The van der Waals surface area contributed by atoms with Crippen molar-refractivity contribution < 1.29 is 4.79 Å². The van der Waals surface area contributed by atoms with E-state index in [1.54, 1.807) is 31.2 Å². The zero-order valence-corrected chi connectivity index (χ0v) is 12.8. The van der Waals surface area contributed by atoms with E-state index in [0.29, 0.717) is 29.8 Å². The van der Waals surface area contributed by atoms with Gasteiger partial charge in [-0.1, -0.05) is 18.2 Å². The van der Waals surface area contributed by atoms with Gasteiger partial charge in [-0.15, -0.1) is 6.58 Å². The minimum atomic E-state index is -0.336. The molecule has 1 aromatic carbocycles. The Morgan fingerprint density at radius 2 is 2.23 bits per heavy atom. The van der Waals surface area contributed by atoms with Gasteiger partial charge in [0.1, 0.15) is 5.82 Å². The Kier molecular flexibility index (Phi) is 5.06. The standard InChI is InChI=1S/C16H20N4O2/c1-4-9-17-15(21)11(2)20(3)10-14-18-13-8-6-5-7-12(13)16(22)19-14/h4-8,11H,1,9-10H2,2-3H3,(H,17,21)(H,18,19,22)/t11-/m0/s1. The van der Waals surface area contributed by atoms with Gasteiger partial charge < -0.3 is 10.3 Å². The molecular weight excluding hydrogens is 280 g/mol. The largest absolute Gasteiger partial charge is 0.351 e. The summed E-state index contributed by atoms with van der Waals surface area (Å²) in [6, 6.07) is 6.84. The number of nitrogens with zero attached hydrogens (tertiary/aromatic N) is 2. The van der Waals surface area contributed by atoms with Gasteiger partial charge in [-0.05, 0) is 26.1 Å². The van der Waals surface area contributed by atoms with Crippen molar-refractivity contribution in [3.8, 4) is 0 Å². The zero-order chi connectivity index (χ0) is 16.1. The molecular formula is C16H20N4O2. The van der Waals surface area contributed by atoms with Crippen molar-refractivity contribution >= 4 is 16.8 Å². The predicted molar refractivity (Wildman–Crippen MR) is 86.5 cm³/mol.